The Balaban J connectivity index is 1.82. The molecule has 1 amide bonds. The van der Waals surface area contributed by atoms with E-state index in [2.05, 4.69) is 14.8 Å². The largest absolute Gasteiger partial charge is 0.361 e. The van der Waals surface area contributed by atoms with E-state index in [0.29, 0.717) is 0 Å². The average molecular weight is 346 g/mol. The Labute approximate surface area is 139 Å². The fraction of sp³-hybridized carbons (Fsp3) is 0.250. The van der Waals surface area contributed by atoms with Gasteiger partial charge in [0.05, 0.1) is 17.0 Å². The Bertz CT molecular complexity index is 1030. The lowest BCUT2D eigenvalue weighted by molar-refractivity contribution is -0.118. The predicted octanol–water partition coefficient (Wildman–Crippen LogP) is 1.57. The van der Waals surface area contributed by atoms with Gasteiger partial charge in [0.1, 0.15) is 0 Å². The molecule has 7 nitrogen and oxygen atoms in total. The maximum absolute atomic E-state index is 12.4. The summed E-state index contributed by atoms with van der Waals surface area (Å²) < 4.78 is 28.6. The van der Waals surface area contributed by atoms with E-state index in [1.54, 1.807) is 37.0 Å². The molecule has 0 spiro atoms. The first-order valence-electron chi connectivity index (χ1n) is 7.40. The van der Waals surface area contributed by atoms with E-state index in [-0.39, 0.29) is 11.3 Å². The highest BCUT2D eigenvalue weighted by atomic mass is 32.2. The van der Waals surface area contributed by atoms with Crippen LogP contribution in [0.2, 0.25) is 0 Å². The van der Waals surface area contributed by atoms with Crippen LogP contribution in [0.1, 0.15) is 17.0 Å². The number of hydrogen-bond donors (Lipinski definition) is 2. The molecule has 1 aromatic carbocycles. The van der Waals surface area contributed by atoms with Crippen molar-refractivity contribution in [1.29, 1.82) is 0 Å². The van der Waals surface area contributed by atoms with Gasteiger partial charge >= 0.3 is 0 Å². The Hall–Kier alpha value is -2.61. The number of fused-ring (bicyclic) bond motifs is 1. The van der Waals surface area contributed by atoms with Gasteiger partial charge in [0.15, 0.2) is 0 Å². The molecule has 2 aromatic heterocycles. The van der Waals surface area contributed by atoms with Gasteiger partial charge in [0, 0.05) is 35.4 Å². The molecule has 126 valence electrons. The fourth-order valence-corrected chi connectivity index (χ4v) is 3.70. The number of nitrogens with zero attached hydrogens (tertiary/aromatic N) is 2. The summed E-state index contributed by atoms with van der Waals surface area (Å²) in [5, 5.41) is 5.00. The van der Waals surface area contributed by atoms with Crippen LogP contribution in [0.15, 0.2) is 35.4 Å². The monoisotopic (exact) mass is 346 g/mol. The van der Waals surface area contributed by atoms with E-state index < -0.39 is 15.9 Å². The minimum atomic E-state index is -3.91. The predicted molar refractivity (Wildman–Crippen MR) is 90.0 cm³/mol. The number of carbonyl (C=O) groups is 1. The summed E-state index contributed by atoms with van der Waals surface area (Å²) in [5.74, 6) is -0.580. The van der Waals surface area contributed by atoms with Crippen molar-refractivity contribution in [1.82, 2.24) is 19.5 Å². The van der Waals surface area contributed by atoms with Crippen LogP contribution in [0, 0.1) is 13.8 Å². The van der Waals surface area contributed by atoms with Crippen molar-refractivity contribution >= 4 is 26.8 Å². The molecule has 3 aromatic rings. The van der Waals surface area contributed by atoms with Crippen LogP contribution in [0.3, 0.4) is 0 Å². The van der Waals surface area contributed by atoms with Gasteiger partial charge in [-0.05, 0) is 38.1 Å². The Morgan fingerprint density at radius 2 is 2.04 bits per heavy atom. The molecular formula is C16H18N4O3S. The van der Waals surface area contributed by atoms with Crippen LogP contribution >= 0.6 is 0 Å². The summed E-state index contributed by atoms with van der Waals surface area (Å²) in [4.78, 5) is 15.2. The zero-order valence-corrected chi connectivity index (χ0v) is 14.4. The highest BCUT2D eigenvalue weighted by Gasteiger charge is 2.20. The number of aromatic nitrogens is 3. The quantitative estimate of drug-likeness (QED) is 0.749. The van der Waals surface area contributed by atoms with Gasteiger partial charge in [-0.15, -0.1) is 0 Å². The van der Waals surface area contributed by atoms with Crippen LogP contribution < -0.4 is 4.72 Å². The molecule has 0 fully saturated rings. The number of aryl methyl sites for hydroxylation is 2. The average Bonchev–Trinajstić information content (AvgIpc) is 3.06. The molecule has 3 rings (SSSR count). The normalized spacial score (nSPS) is 11.8. The minimum Gasteiger partial charge on any atom is -0.361 e. The number of sulfonamides is 1. The molecule has 0 unspecified atom stereocenters. The van der Waals surface area contributed by atoms with Gasteiger partial charge < -0.3 is 4.98 Å². The third kappa shape index (κ3) is 2.92. The number of nitrogens with one attached hydrogen (secondary N) is 2. The lowest BCUT2D eigenvalue weighted by Gasteiger charge is -2.07. The molecule has 0 saturated heterocycles. The van der Waals surface area contributed by atoms with Crippen molar-refractivity contribution in [3.05, 3.63) is 47.4 Å². The molecule has 8 heteroatoms. The van der Waals surface area contributed by atoms with Gasteiger partial charge in [0.25, 0.3) is 10.0 Å². The van der Waals surface area contributed by atoms with Crippen molar-refractivity contribution < 1.29 is 13.2 Å². The summed E-state index contributed by atoms with van der Waals surface area (Å²) in [7, 11) is -2.12. The van der Waals surface area contributed by atoms with Gasteiger partial charge in [-0.2, -0.15) is 5.10 Å². The Morgan fingerprint density at radius 1 is 1.29 bits per heavy atom. The van der Waals surface area contributed by atoms with Crippen LogP contribution in [-0.2, 0) is 28.3 Å². The number of rotatable bonds is 4. The molecule has 24 heavy (non-hydrogen) atoms. The molecule has 0 aliphatic rings. The Kier molecular flexibility index (Phi) is 3.92. The van der Waals surface area contributed by atoms with Gasteiger partial charge in [-0.25, -0.2) is 13.1 Å². The summed E-state index contributed by atoms with van der Waals surface area (Å²) >= 11 is 0. The van der Waals surface area contributed by atoms with Crippen molar-refractivity contribution in [3.63, 3.8) is 0 Å². The van der Waals surface area contributed by atoms with E-state index in [4.69, 9.17) is 0 Å². The molecule has 2 heterocycles. The van der Waals surface area contributed by atoms with Crippen molar-refractivity contribution in [2.24, 2.45) is 7.05 Å². The summed E-state index contributed by atoms with van der Waals surface area (Å²) in [6.07, 6.45) is 1.70. The summed E-state index contributed by atoms with van der Waals surface area (Å²) in [6.45, 7) is 3.64. The first-order valence-corrected chi connectivity index (χ1v) is 8.88. The number of hydrogen-bond acceptors (Lipinski definition) is 4. The van der Waals surface area contributed by atoms with E-state index in [9.17, 15) is 13.2 Å². The van der Waals surface area contributed by atoms with Gasteiger partial charge in [-0.3, -0.25) is 9.48 Å². The first kappa shape index (κ1) is 16.3. The van der Waals surface area contributed by atoms with E-state index in [1.165, 1.54) is 12.1 Å². The van der Waals surface area contributed by atoms with E-state index in [1.807, 2.05) is 6.92 Å². The lowest BCUT2D eigenvalue weighted by atomic mass is 10.1. The molecule has 2 N–H and O–H groups in total. The number of amides is 1. The zero-order chi connectivity index (χ0) is 17.5. The first-order chi connectivity index (χ1) is 11.3. The number of aromatic amines is 1. The highest BCUT2D eigenvalue weighted by molar-refractivity contribution is 7.90. The SMILES string of the molecule is Cc1nn(C)c(C)c1CC(=O)NS(=O)(=O)c1ccc2[nH]ccc2c1. The summed E-state index contributed by atoms with van der Waals surface area (Å²) in [6, 6.07) is 6.44. The van der Waals surface area contributed by atoms with E-state index in [0.717, 1.165) is 27.9 Å². The third-order valence-electron chi connectivity index (χ3n) is 4.08. The molecular weight excluding hydrogens is 328 g/mol. The topological polar surface area (TPSA) is 96.8 Å². The van der Waals surface area contributed by atoms with Crippen molar-refractivity contribution in [3.8, 4) is 0 Å². The second-order valence-electron chi connectivity index (χ2n) is 5.71. The smallest absolute Gasteiger partial charge is 0.264 e. The number of carbonyl (C=O) groups excluding carboxylic acids is 1. The minimum absolute atomic E-state index is 0.0306. The van der Waals surface area contributed by atoms with Crippen molar-refractivity contribution in [2.75, 3.05) is 0 Å². The van der Waals surface area contributed by atoms with Crippen LogP contribution in [-0.4, -0.2) is 29.1 Å². The van der Waals surface area contributed by atoms with Gasteiger partial charge in [0.2, 0.25) is 5.91 Å². The van der Waals surface area contributed by atoms with Gasteiger partial charge in [-0.1, -0.05) is 0 Å². The maximum atomic E-state index is 12.4. The van der Waals surface area contributed by atoms with Crippen LogP contribution in [0.4, 0.5) is 0 Å². The summed E-state index contributed by atoms with van der Waals surface area (Å²) in [5.41, 5.74) is 3.14. The van der Waals surface area contributed by atoms with E-state index >= 15 is 0 Å². The second kappa shape index (κ2) is 5.79. The molecule has 0 aliphatic carbocycles. The Morgan fingerprint density at radius 3 is 2.71 bits per heavy atom. The van der Waals surface area contributed by atoms with Crippen LogP contribution in [0.25, 0.3) is 10.9 Å². The zero-order valence-electron chi connectivity index (χ0n) is 13.6. The molecule has 0 radical (unpaired) electrons. The standard InChI is InChI=1S/C16H18N4O3S/c1-10-14(11(2)20(3)18-10)9-16(21)19-24(22,23)13-4-5-15-12(8-13)6-7-17-15/h4-8,17H,9H2,1-3H3,(H,19,21). The van der Waals surface area contributed by atoms with Crippen LogP contribution in [0.5, 0.6) is 0 Å². The fourth-order valence-electron chi connectivity index (χ4n) is 2.68. The highest BCUT2D eigenvalue weighted by Crippen LogP contribution is 2.18. The number of benzene rings is 1. The third-order valence-corrected chi connectivity index (χ3v) is 5.45. The second-order valence-corrected chi connectivity index (χ2v) is 7.39. The number of H-pyrrole nitrogens is 1. The lowest BCUT2D eigenvalue weighted by Crippen LogP contribution is -2.32. The maximum Gasteiger partial charge on any atom is 0.264 e. The van der Waals surface area contributed by atoms with Crippen molar-refractivity contribution in [2.45, 2.75) is 25.2 Å². The molecule has 0 saturated carbocycles. The molecule has 0 aliphatic heterocycles. The molecule has 0 bridgehead atoms. The molecule has 0 atom stereocenters.